The van der Waals surface area contributed by atoms with E-state index < -0.39 is 5.60 Å². The Morgan fingerprint density at radius 2 is 1.96 bits per heavy atom. The summed E-state index contributed by atoms with van der Waals surface area (Å²) in [6.07, 6.45) is 2.11. The number of piperidine rings is 1. The number of rotatable bonds is 3. The number of carbonyl (C=O) groups is 1. The maximum atomic E-state index is 12.5. The van der Waals surface area contributed by atoms with Crippen LogP contribution in [-0.4, -0.2) is 41.7 Å². The first-order chi connectivity index (χ1) is 10.8. The Morgan fingerprint density at radius 1 is 1.30 bits per heavy atom. The maximum Gasteiger partial charge on any atom is 0.410 e. The molecule has 2 rings (SSSR count). The summed E-state index contributed by atoms with van der Waals surface area (Å²) in [6.45, 7) is 6.30. The predicted molar refractivity (Wildman–Crippen MR) is 92.3 cm³/mol. The van der Waals surface area contributed by atoms with Crippen LogP contribution in [0.4, 0.5) is 4.79 Å². The fourth-order valence-electron chi connectivity index (χ4n) is 2.79. The molecule has 0 aromatic heterocycles. The summed E-state index contributed by atoms with van der Waals surface area (Å²) in [4.78, 5) is 14.3. The number of alkyl halides is 1. The van der Waals surface area contributed by atoms with Gasteiger partial charge in [0.1, 0.15) is 11.4 Å². The molecule has 0 spiro atoms. The number of hydrogen-bond acceptors (Lipinski definition) is 3. The van der Waals surface area contributed by atoms with E-state index >= 15 is 0 Å². The van der Waals surface area contributed by atoms with E-state index in [4.69, 9.17) is 21.1 Å². The normalized spacial score (nSPS) is 21.9. The summed E-state index contributed by atoms with van der Waals surface area (Å²) in [6, 6.07) is 8.01. The minimum atomic E-state index is -0.487. The molecule has 1 aliphatic heterocycles. The van der Waals surface area contributed by atoms with E-state index in [2.05, 4.69) is 0 Å². The van der Waals surface area contributed by atoms with Crippen LogP contribution in [-0.2, 0) is 11.2 Å². The minimum Gasteiger partial charge on any atom is -0.497 e. The maximum absolute atomic E-state index is 12.5. The predicted octanol–water partition coefficient (Wildman–Crippen LogP) is 4.24. The van der Waals surface area contributed by atoms with Gasteiger partial charge in [0.25, 0.3) is 0 Å². The SMILES string of the molecule is COc1ccc(C[C@H]2C[C@H](Cl)CCN2C(=O)OC(C)(C)C)cc1. The summed E-state index contributed by atoms with van der Waals surface area (Å²) in [5.74, 6) is 0.830. The fraction of sp³-hybridized carbons (Fsp3) is 0.611. The Morgan fingerprint density at radius 3 is 2.52 bits per heavy atom. The molecule has 1 fully saturated rings. The van der Waals surface area contributed by atoms with Crippen LogP contribution < -0.4 is 4.74 Å². The second-order valence-electron chi connectivity index (χ2n) is 7.00. The lowest BCUT2D eigenvalue weighted by atomic mass is 9.95. The monoisotopic (exact) mass is 339 g/mol. The van der Waals surface area contributed by atoms with Gasteiger partial charge in [0.05, 0.1) is 7.11 Å². The van der Waals surface area contributed by atoms with Crippen molar-refractivity contribution in [2.75, 3.05) is 13.7 Å². The van der Waals surface area contributed by atoms with Gasteiger partial charge in [0.15, 0.2) is 0 Å². The van der Waals surface area contributed by atoms with Crippen molar-refractivity contribution in [1.82, 2.24) is 4.90 Å². The molecule has 128 valence electrons. The van der Waals surface area contributed by atoms with Crippen molar-refractivity contribution in [2.45, 2.75) is 57.1 Å². The lowest BCUT2D eigenvalue weighted by Crippen LogP contribution is -2.49. The second kappa shape index (κ2) is 7.43. The first-order valence-electron chi connectivity index (χ1n) is 8.05. The molecule has 0 bridgehead atoms. The second-order valence-corrected chi connectivity index (χ2v) is 7.62. The number of ether oxygens (including phenoxy) is 2. The van der Waals surface area contributed by atoms with Gasteiger partial charge < -0.3 is 14.4 Å². The van der Waals surface area contributed by atoms with Crippen molar-refractivity contribution >= 4 is 17.7 Å². The summed E-state index contributed by atoms with van der Waals surface area (Å²) in [5.41, 5.74) is 0.676. The molecule has 5 heteroatoms. The van der Waals surface area contributed by atoms with Gasteiger partial charge >= 0.3 is 6.09 Å². The highest BCUT2D eigenvalue weighted by Crippen LogP contribution is 2.27. The molecule has 23 heavy (non-hydrogen) atoms. The van der Waals surface area contributed by atoms with Gasteiger partial charge in [-0.15, -0.1) is 11.6 Å². The Hall–Kier alpha value is -1.42. The first-order valence-corrected chi connectivity index (χ1v) is 8.49. The number of likely N-dealkylation sites (tertiary alicyclic amines) is 1. The highest BCUT2D eigenvalue weighted by Gasteiger charge is 2.33. The molecule has 0 N–H and O–H groups in total. The van der Waals surface area contributed by atoms with Crippen LogP contribution in [0.2, 0.25) is 0 Å². The Labute approximate surface area is 143 Å². The fourth-order valence-corrected chi connectivity index (χ4v) is 3.09. The molecule has 4 nitrogen and oxygen atoms in total. The number of nitrogens with zero attached hydrogens (tertiary/aromatic N) is 1. The van der Waals surface area contributed by atoms with Crippen molar-refractivity contribution in [3.8, 4) is 5.75 Å². The number of hydrogen-bond donors (Lipinski definition) is 0. The van der Waals surface area contributed by atoms with E-state index in [0.29, 0.717) is 6.54 Å². The van der Waals surface area contributed by atoms with Crippen molar-refractivity contribution < 1.29 is 14.3 Å². The number of amides is 1. The third-order valence-electron chi connectivity index (χ3n) is 3.91. The van der Waals surface area contributed by atoms with Crippen molar-refractivity contribution in [3.63, 3.8) is 0 Å². The standard InChI is InChI=1S/C18H26ClNO3/c1-18(2,3)23-17(21)20-10-9-14(19)12-15(20)11-13-5-7-16(22-4)8-6-13/h5-8,14-15H,9-12H2,1-4H3/t14-,15+/m1/s1. The molecule has 0 saturated carbocycles. The van der Waals surface area contributed by atoms with E-state index in [1.807, 2.05) is 49.9 Å². The summed E-state index contributed by atoms with van der Waals surface area (Å²) in [5, 5.41) is 0.108. The Balaban J connectivity index is 2.08. The van der Waals surface area contributed by atoms with Gasteiger partial charge in [-0.2, -0.15) is 0 Å². The van der Waals surface area contributed by atoms with Crippen LogP contribution in [0, 0.1) is 0 Å². The summed E-state index contributed by atoms with van der Waals surface area (Å²) < 4.78 is 10.7. The molecule has 0 radical (unpaired) electrons. The van der Waals surface area contributed by atoms with E-state index in [0.717, 1.165) is 30.6 Å². The smallest absolute Gasteiger partial charge is 0.410 e. The van der Waals surface area contributed by atoms with Gasteiger partial charge in [-0.3, -0.25) is 0 Å². The van der Waals surface area contributed by atoms with Crippen molar-refractivity contribution in [2.24, 2.45) is 0 Å². The van der Waals surface area contributed by atoms with E-state index in [-0.39, 0.29) is 17.5 Å². The number of methoxy groups -OCH3 is 1. The molecule has 0 aliphatic carbocycles. The van der Waals surface area contributed by atoms with Gasteiger partial charge in [0, 0.05) is 18.0 Å². The molecule has 1 saturated heterocycles. The van der Waals surface area contributed by atoms with Crippen LogP contribution in [0.3, 0.4) is 0 Å². The molecule has 0 unspecified atom stereocenters. The average Bonchev–Trinajstić information content (AvgIpc) is 2.46. The van der Waals surface area contributed by atoms with Crippen LogP contribution in [0.5, 0.6) is 5.75 Å². The van der Waals surface area contributed by atoms with Crippen LogP contribution in [0.25, 0.3) is 0 Å². The van der Waals surface area contributed by atoms with E-state index in [9.17, 15) is 4.79 Å². The topological polar surface area (TPSA) is 38.8 Å². The summed E-state index contributed by atoms with van der Waals surface area (Å²) in [7, 11) is 1.65. The van der Waals surface area contributed by atoms with Gasteiger partial charge in [0.2, 0.25) is 0 Å². The zero-order valence-corrected chi connectivity index (χ0v) is 15.1. The largest absolute Gasteiger partial charge is 0.497 e. The molecular weight excluding hydrogens is 314 g/mol. The molecule has 1 aromatic rings. The van der Waals surface area contributed by atoms with Crippen LogP contribution in [0.15, 0.2) is 24.3 Å². The Kier molecular flexibility index (Phi) is 5.79. The van der Waals surface area contributed by atoms with Gasteiger partial charge in [-0.1, -0.05) is 12.1 Å². The van der Waals surface area contributed by atoms with Crippen LogP contribution in [0.1, 0.15) is 39.2 Å². The van der Waals surface area contributed by atoms with Crippen LogP contribution >= 0.6 is 11.6 Å². The Bertz CT molecular complexity index is 524. The average molecular weight is 340 g/mol. The third-order valence-corrected chi connectivity index (χ3v) is 4.31. The first kappa shape index (κ1) is 17.9. The van der Waals surface area contributed by atoms with Gasteiger partial charge in [-0.05, 0) is 57.7 Å². The van der Waals surface area contributed by atoms with E-state index in [1.54, 1.807) is 7.11 Å². The lowest BCUT2D eigenvalue weighted by Gasteiger charge is -2.38. The zero-order chi connectivity index (χ0) is 17.0. The number of benzene rings is 1. The molecule has 2 atom stereocenters. The minimum absolute atomic E-state index is 0.0643. The zero-order valence-electron chi connectivity index (χ0n) is 14.3. The number of halogens is 1. The lowest BCUT2D eigenvalue weighted by molar-refractivity contribution is 0.0103. The quantitative estimate of drug-likeness (QED) is 0.773. The van der Waals surface area contributed by atoms with Crippen molar-refractivity contribution in [1.29, 1.82) is 0 Å². The number of carbonyl (C=O) groups excluding carboxylic acids is 1. The molecule has 1 aromatic carbocycles. The molecular formula is C18H26ClNO3. The summed E-state index contributed by atoms with van der Waals surface area (Å²) >= 11 is 6.33. The van der Waals surface area contributed by atoms with E-state index in [1.165, 1.54) is 0 Å². The molecule has 1 aliphatic rings. The van der Waals surface area contributed by atoms with Crippen molar-refractivity contribution in [3.05, 3.63) is 29.8 Å². The third kappa shape index (κ3) is 5.31. The van der Waals surface area contributed by atoms with Gasteiger partial charge in [-0.25, -0.2) is 4.79 Å². The molecule has 1 amide bonds. The highest BCUT2D eigenvalue weighted by atomic mass is 35.5. The molecule has 1 heterocycles. The highest BCUT2D eigenvalue weighted by molar-refractivity contribution is 6.20.